The summed E-state index contributed by atoms with van der Waals surface area (Å²) in [7, 11) is 0. The third-order valence-corrected chi connectivity index (χ3v) is 3.03. The lowest BCUT2D eigenvalue weighted by atomic mass is 10.1. The van der Waals surface area contributed by atoms with Crippen LogP contribution in [-0.2, 0) is 6.61 Å². The number of thiocarbonyl (C=S) groups is 1. The van der Waals surface area contributed by atoms with Crippen molar-refractivity contribution in [1.29, 1.82) is 0 Å². The van der Waals surface area contributed by atoms with E-state index in [1.54, 1.807) is 6.07 Å². The van der Waals surface area contributed by atoms with Crippen LogP contribution in [0.2, 0.25) is 5.02 Å². The lowest BCUT2D eigenvalue weighted by Gasteiger charge is -2.11. The summed E-state index contributed by atoms with van der Waals surface area (Å²) in [6.45, 7) is 0.386. The molecule has 0 fully saturated rings. The molecule has 2 nitrogen and oxygen atoms in total. The fourth-order valence-corrected chi connectivity index (χ4v) is 1.99. The van der Waals surface area contributed by atoms with Crippen LogP contribution >= 0.6 is 23.8 Å². The Morgan fingerprint density at radius 3 is 2.50 bits per heavy atom. The number of ether oxygens (including phenoxy) is 1. The molecule has 2 N–H and O–H groups in total. The van der Waals surface area contributed by atoms with Crippen molar-refractivity contribution in [2.75, 3.05) is 0 Å². The van der Waals surface area contributed by atoms with Crippen molar-refractivity contribution in [2.45, 2.75) is 6.61 Å². The summed E-state index contributed by atoms with van der Waals surface area (Å²) in [5.41, 5.74) is 7.45. The fourth-order valence-electron chi connectivity index (χ4n) is 1.60. The number of halogens is 1. The molecule has 0 unspecified atom stereocenters. The summed E-state index contributed by atoms with van der Waals surface area (Å²) in [5, 5.41) is 0.588. The van der Waals surface area contributed by atoms with Crippen LogP contribution in [0.15, 0.2) is 48.5 Å². The Balaban J connectivity index is 2.16. The molecule has 0 spiro atoms. The lowest BCUT2D eigenvalue weighted by molar-refractivity contribution is 0.306. The molecular weight excluding hydrogens is 266 g/mol. The first-order valence-electron chi connectivity index (χ1n) is 5.43. The molecule has 0 amide bonds. The number of rotatable bonds is 4. The molecular formula is C14H12ClNOS. The van der Waals surface area contributed by atoms with Gasteiger partial charge in [0.2, 0.25) is 0 Å². The van der Waals surface area contributed by atoms with Crippen LogP contribution < -0.4 is 10.5 Å². The van der Waals surface area contributed by atoms with Gasteiger partial charge in [-0.3, -0.25) is 0 Å². The van der Waals surface area contributed by atoms with E-state index < -0.39 is 0 Å². The van der Waals surface area contributed by atoms with Crippen molar-refractivity contribution in [2.24, 2.45) is 5.73 Å². The highest BCUT2D eigenvalue weighted by molar-refractivity contribution is 7.80. The minimum atomic E-state index is 0.369. The fraction of sp³-hybridized carbons (Fsp3) is 0.0714. The third kappa shape index (κ3) is 3.00. The molecule has 0 saturated heterocycles. The van der Waals surface area contributed by atoms with Gasteiger partial charge in [0.05, 0.1) is 5.02 Å². The Hall–Kier alpha value is -1.58. The first-order valence-corrected chi connectivity index (χ1v) is 6.22. The smallest absolute Gasteiger partial charge is 0.138 e. The van der Waals surface area contributed by atoms with Gasteiger partial charge in [0.15, 0.2) is 0 Å². The van der Waals surface area contributed by atoms with E-state index in [1.165, 1.54) is 0 Å². The van der Waals surface area contributed by atoms with Crippen LogP contribution in [0.3, 0.4) is 0 Å². The molecule has 18 heavy (non-hydrogen) atoms. The van der Waals surface area contributed by atoms with E-state index in [4.69, 9.17) is 34.3 Å². The Morgan fingerprint density at radius 2 is 1.78 bits per heavy atom. The van der Waals surface area contributed by atoms with Crippen molar-refractivity contribution >= 4 is 28.8 Å². The molecule has 2 rings (SSSR count). The van der Waals surface area contributed by atoms with Crippen LogP contribution in [0.1, 0.15) is 11.1 Å². The van der Waals surface area contributed by atoms with E-state index in [-0.39, 0.29) is 0 Å². The zero-order valence-corrected chi connectivity index (χ0v) is 11.2. The van der Waals surface area contributed by atoms with Crippen molar-refractivity contribution in [3.05, 3.63) is 64.7 Å². The molecule has 0 aliphatic rings. The predicted octanol–water partition coefficient (Wildman–Crippen LogP) is 3.55. The van der Waals surface area contributed by atoms with E-state index in [0.29, 0.717) is 22.4 Å². The van der Waals surface area contributed by atoms with Gasteiger partial charge in [0, 0.05) is 5.56 Å². The highest BCUT2D eigenvalue weighted by atomic mass is 35.5. The Morgan fingerprint density at radius 1 is 1.11 bits per heavy atom. The van der Waals surface area contributed by atoms with E-state index >= 15 is 0 Å². The van der Waals surface area contributed by atoms with E-state index in [2.05, 4.69) is 0 Å². The van der Waals surface area contributed by atoms with Gasteiger partial charge in [-0.05, 0) is 17.7 Å². The van der Waals surface area contributed by atoms with E-state index in [9.17, 15) is 0 Å². The molecule has 0 aliphatic heterocycles. The van der Waals surface area contributed by atoms with Crippen molar-refractivity contribution < 1.29 is 4.74 Å². The Kier molecular flexibility index (Phi) is 4.18. The van der Waals surface area contributed by atoms with E-state index in [1.807, 2.05) is 42.5 Å². The van der Waals surface area contributed by atoms with Gasteiger partial charge in [-0.1, -0.05) is 60.2 Å². The third-order valence-electron chi connectivity index (χ3n) is 2.50. The van der Waals surface area contributed by atoms with Crippen molar-refractivity contribution in [3.63, 3.8) is 0 Å². The topological polar surface area (TPSA) is 35.2 Å². The maximum Gasteiger partial charge on any atom is 0.138 e. The SMILES string of the molecule is NC(=S)c1ccccc1COc1ccccc1Cl. The highest BCUT2D eigenvalue weighted by Crippen LogP contribution is 2.24. The first-order chi connectivity index (χ1) is 8.68. The molecule has 0 bridgehead atoms. The second-order valence-electron chi connectivity index (χ2n) is 3.74. The monoisotopic (exact) mass is 277 g/mol. The molecule has 92 valence electrons. The Bertz CT molecular complexity index is 571. The molecule has 2 aromatic carbocycles. The van der Waals surface area contributed by atoms with Crippen LogP contribution in [-0.4, -0.2) is 4.99 Å². The predicted molar refractivity (Wildman–Crippen MR) is 78.1 cm³/mol. The first kappa shape index (κ1) is 12.9. The van der Waals surface area contributed by atoms with Gasteiger partial charge in [-0.25, -0.2) is 0 Å². The summed E-state index contributed by atoms with van der Waals surface area (Å²) in [4.78, 5) is 0.369. The van der Waals surface area contributed by atoms with Crippen molar-refractivity contribution in [1.82, 2.24) is 0 Å². The second-order valence-corrected chi connectivity index (χ2v) is 4.59. The average molecular weight is 278 g/mol. The van der Waals surface area contributed by atoms with Gasteiger partial charge in [0.1, 0.15) is 17.3 Å². The second kappa shape index (κ2) is 5.85. The van der Waals surface area contributed by atoms with Crippen LogP contribution in [0, 0.1) is 0 Å². The zero-order chi connectivity index (χ0) is 13.0. The molecule has 0 radical (unpaired) electrons. The Labute approximate surface area is 116 Å². The summed E-state index contributed by atoms with van der Waals surface area (Å²) in [6, 6.07) is 15.0. The zero-order valence-electron chi connectivity index (χ0n) is 9.60. The molecule has 4 heteroatoms. The normalized spacial score (nSPS) is 10.1. The van der Waals surface area contributed by atoms with Gasteiger partial charge in [-0.15, -0.1) is 0 Å². The summed E-state index contributed by atoms with van der Waals surface area (Å²) < 4.78 is 5.67. The van der Waals surface area contributed by atoms with Gasteiger partial charge < -0.3 is 10.5 Å². The van der Waals surface area contributed by atoms with Crippen LogP contribution in [0.4, 0.5) is 0 Å². The van der Waals surface area contributed by atoms with Gasteiger partial charge >= 0.3 is 0 Å². The summed E-state index contributed by atoms with van der Waals surface area (Å²) >= 11 is 11.0. The summed E-state index contributed by atoms with van der Waals surface area (Å²) in [6.07, 6.45) is 0. The highest BCUT2D eigenvalue weighted by Gasteiger charge is 2.06. The standard InChI is InChI=1S/C14H12ClNOS/c15-12-7-3-4-8-13(12)17-9-10-5-1-2-6-11(10)14(16)18/h1-8H,9H2,(H2,16,18). The number of benzene rings is 2. The van der Waals surface area contributed by atoms with Crippen molar-refractivity contribution in [3.8, 4) is 5.75 Å². The average Bonchev–Trinajstić information content (AvgIpc) is 2.38. The molecule has 0 aromatic heterocycles. The maximum atomic E-state index is 6.02. The van der Waals surface area contributed by atoms with Crippen LogP contribution in [0.25, 0.3) is 0 Å². The number of hydrogen-bond donors (Lipinski definition) is 1. The minimum Gasteiger partial charge on any atom is -0.487 e. The largest absolute Gasteiger partial charge is 0.487 e. The number of nitrogens with two attached hydrogens (primary N) is 1. The summed E-state index contributed by atoms with van der Waals surface area (Å²) in [5.74, 6) is 0.650. The molecule has 0 aliphatic carbocycles. The van der Waals surface area contributed by atoms with Gasteiger partial charge in [-0.2, -0.15) is 0 Å². The van der Waals surface area contributed by atoms with E-state index in [0.717, 1.165) is 11.1 Å². The molecule has 0 heterocycles. The molecule has 0 atom stereocenters. The number of para-hydroxylation sites is 1. The maximum absolute atomic E-state index is 6.02. The van der Waals surface area contributed by atoms with Crippen LogP contribution in [0.5, 0.6) is 5.75 Å². The molecule has 2 aromatic rings. The minimum absolute atomic E-state index is 0.369. The number of hydrogen-bond acceptors (Lipinski definition) is 2. The molecule has 0 saturated carbocycles. The quantitative estimate of drug-likeness (QED) is 0.868. The van der Waals surface area contributed by atoms with Gasteiger partial charge in [0.25, 0.3) is 0 Å². The lowest BCUT2D eigenvalue weighted by Crippen LogP contribution is -2.13.